The summed E-state index contributed by atoms with van der Waals surface area (Å²) >= 11 is 0. The first kappa shape index (κ1) is 29.1. The highest BCUT2D eigenvalue weighted by Gasteiger charge is 2.27. The van der Waals surface area contributed by atoms with Crippen LogP contribution >= 0.6 is 0 Å². The summed E-state index contributed by atoms with van der Waals surface area (Å²) in [6.07, 6.45) is 1.19. The van der Waals surface area contributed by atoms with Gasteiger partial charge >= 0.3 is 23.9 Å². The summed E-state index contributed by atoms with van der Waals surface area (Å²) in [7, 11) is 0. The topological polar surface area (TPSA) is 105 Å². The van der Waals surface area contributed by atoms with Gasteiger partial charge in [0.1, 0.15) is 0 Å². The predicted molar refractivity (Wildman–Crippen MR) is 126 cm³/mol. The van der Waals surface area contributed by atoms with E-state index in [-0.39, 0.29) is 36.2 Å². The zero-order chi connectivity index (χ0) is 25.7. The normalized spacial score (nSPS) is 12.7. The fourth-order valence-corrected chi connectivity index (χ4v) is 3.07. The van der Waals surface area contributed by atoms with Crippen LogP contribution in [0.2, 0.25) is 0 Å². The number of hydrogen-bond donors (Lipinski definition) is 0. The Morgan fingerprint density at radius 3 is 1.26 bits per heavy atom. The number of benzene rings is 1. The van der Waals surface area contributed by atoms with Crippen LogP contribution in [0.4, 0.5) is 0 Å². The lowest BCUT2D eigenvalue weighted by Crippen LogP contribution is -2.30. The standard InChI is InChI=1S/C26H38O8/c1-7-19(8-2)15-31-23(27)17(5)33-25(29)21-13-11-12-14-22(21)26(30)34-18(6)24(28)32-16-20(9-3)10-4/h11-14,17-20H,7-10,15-16H2,1-6H3/t17-,18+. The summed E-state index contributed by atoms with van der Waals surface area (Å²) in [5.74, 6) is -2.58. The van der Waals surface area contributed by atoms with Crippen molar-refractivity contribution in [3.8, 4) is 0 Å². The number of hydrogen-bond acceptors (Lipinski definition) is 8. The molecule has 0 N–H and O–H groups in total. The Kier molecular flexibility index (Phi) is 12.9. The molecule has 0 saturated carbocycles. The number of rotatable bonds is 14. The molecular formula is C26H38O8. The Morgan fingerprint density at radius 1 is 0.647 bits per heavy atom. The quantitative estimate of drug-likeness (QED) is 0.279. The average Bonchev–Trinajstić information content (AvgIpc) is 2.84. The molecule has 0 heterocycles. The van der Waals surface area contributed by atoms with Crippen molar-refractivity contribution in [2.75, 3.05) is 13.2 Å². The summed E-state index contributed by atoms with van der Waals surface area (Å²) in [5, 5.41) is 0. The first-order valence-electron chi connectivity index (χ1n) is 12.0. The summed E-state index contributed by atoms with van der Waals surface area (Å²) in [6.45, 7) is 11.4. The zero-order valence-electron chi connectivity index (χ0n) is 21.1. The van der Waals surface area contributed by atoms with Crippen molar-refractivity contribution in [1.29, 1.82) is 0 Å². The molecule has 190 valence electrons. The Balaban J connectivity index is 2.77. The highest BCUT2D eigenvalue weighted by Crippen LogP contribution is 2.16. The maximum Gasteiger partial charge on any atom is 0.347 e. The molecule has 0 aromatic heterocycles. The van der Waals surface area contributed by atoms with Crippen molar-refractivity contribution < 1.29 is 38.1 Å². The zero-order valence-corrected chi connectivity index (χ0v) is 21.1. The van der Waals surface area contributed by atoms with Crippen molar-refractivity contribution >= 4 is 23.9 Å². The van der Waals surface area contributed by atoms with Crippen LogP contribution < -0.4 is 0 Å². The lowest BCUT2D eigenvalue weighted by molar-refractivity contribution is -0.155. The fourth-order valence-electron chi connectivity index (χ4n) is 3.07. The Labute approximate surface area is 202 Å². The lowest BCUT2D eigenvalue weighted by atomic mass is 10.1. The molecule has 8 nitrogen and oxygen atoms in total. The molecule has 2 atom stereocenters. The number of esters is 4. The molecule has 1 aromatic rings. The molecule has 0 aliphatic carbocycles. The summed E-state index contributed by atoms with van der Waals surface area (Å²) in [4.78, 5) is 49.7. The molecule has 0 radical (unpaired) electrons. The first-order valence-corrected chi connectivity index (χ1v) is 12.0. The van der Waals surface area contributed by atoms with Gasteiger partial charge in [-0.2, -0.15) is 0 Å². The van der Waals surface area contributed by atoms with Gasteiger partial charge in [-0.15, -0.1) is 0 Å². The minimum Gasteiger partial charge on any atom is -0.463 e. The van der Waals surface area contributed by atoms with Crippen molar-refractivity contribution in [2.45, 2.75) is 79.4 Å². The van der Waals surface area contributed by atoms with E-state index < -0.39 is 36.1 Å². The molecule has 0 unspecified atom stereocenters. The summed E-state index contributed by atoms with van der Waals surface area (Å²) in [5.41, 5.74) is -0.158. The minimum atomic E-state index is -1.15. The van der Waals surface area contributed by atoms with Gasteiger partial charge in [0, 0.05) is 0 Å². The minimum absolute atomic E-state index is 0.0789. The lowest BCUT2D eigenvalue weighted by Gasteiger charge is -2.18. The third-order valence-corrected chi connectivity index (χ3v) is 5.83. The van der Waals surface area contributed by atoms with Crippen molar-refractivity contribution in [3.05, 3.63) is 35.4 Å². The molecule has 8 heteroatoms. The van der Waals surface area contributed by atoms with Gasteiger partial charge in [-0.1, -0.05) is 65.5 Å². The molecule has 0 spiro atoms. The monoisotopic (exact) mass is 478 g/mol. The highest BCUT2D eigenvalue weighted by atomic mass is 16.6. The van der Waals surface area contributed by atoms with Gasteiger partial charge in [-0.05, 0) is 37.8 Å². The number of carbonyl (C=O) groups is 4. The van der Waals surface area contributed by atoms with Gasteiger partial charge < -0.3 is 18.9 Å². The van der Waals surface area contributed by atoms with Gasteiger partial charge in [-0.25, -0.2) is 19.2 Å². The summed E-state index contributed by atoms with van der Waals surface area (Å²) in [6, 6.07) is 5.88. The third-order valence-electron chi connectivity index (χ3n) is 5.83. The van der Waals surface area contributed by atoms with E-state index in [1.807, 2.05) is 27.7 Å². The van der Waals surface area contributed by atoms with Gasteiger partial charge in [0.15, 0.2) is 12.2 Å². The predicted octanol–water partition coefficient (Wildman–Crippen LogP) is 4.74. The van der Waals surface area contributed by atoms with E-state index in [1.165, 1.54) is 26.0 Å². The van der Waals surface area contributed by atoms with Crippen LogP contribution in [-0.4, -0.2) is 49.3 Å². The van der Waals surface area contributed by atoms with Crippen LogP contribution in [-0.2, 0) is 28.5 Å². The van der Waals surface area contributed by atoms with Gasteiger partial charge in [0.2, 0.25) is 0 Å². The Morgan fingerprint density at radius 2 is 0.971 bits per heavy atom. The van der Waals surface area contributed by atoms with Crippen LogP contribution in [0.3, 0.4) is 0 Å². The molecule has 1 rings (SSSR count). The smallest absolute Gasteiger partial charge is 0.347 e. The largest absolute Gasteiger partial charge is 0.463 e. The SMILES string of the molecule is CCC(CC)COC(=O)[C@H](C)OC(=O)c1ccccc1C(=O)O[C@H](C)C(=O)OCC(CC)CC. The van der Waals surface area contributed by atoms with Gasteiger partial charge in [0.25, 0.3) is 0 Å². The molecule has 0 aliphatic rings. The molecule has 0 amide bonds. The second kappa shape index (κ2) is 15.1. The van der Waals surface area contributed by atoms with Crippen LogP contribution in [0.25, 0.3) is 0 Å². The number of carbonyl (C=O) groups excluding carboxylic acids is 4. The first-order chi connectivity index (χ1) is 16.2. The summed E-state index contributed by atoms with van der Waals surface area (Å²) < 4.78 is 20.9. The van der Waals surface area contributed by atoms with Gasteiger partial charge in [0.05, 0.1) is 24.3 Å². The molecule has 0 bridgehead atoms. The Bertz CT molecular complexity index is 744. The van der Waals surface area contributed by atoms with Crippen molar-refractivity contribution in [3.63, 3.8) is 0 Å². The van der Waals surface area contributed by atoms with Gasteiger partial charge in [-0.3, -0.25) is 0 Å². The van der Waals surface area contributed by atoms with E-state index in [0.717, 1.165) is 25.7 Å². The van der Waals surface area contributed by atoms with Crippen LogP contribution in [0, 0.1) is 11.8 Å². The maximum absolute atomic E-state index is 12.7. The van der Waals surface area contributed by atoms with E-state index in [4.69, 9.17) is 18.9 Å². The maximum atomic E-state index is 12.7. The van der Waals surface area contributed by atoms with Crippen molar-refractivity contribution in [2.24, 2.45) is 11.8 Å². The molecular weight excluding hydrogens is 440 g/mol. The second-order valence-corrected chi connectivity index (χ2v) is 8.27. The van der Waals surface area contributed by atoms with E-state index in [2.05, 4.69) is 0 Å². The average molecular weight is 479 g/mol. The molecule has 0 saturated heterocycles. The molecule has 0 aliphatic heterocycles. The fraction of sp³-hybridized carbons (Fsp3) is 0.615. The highest BCUT2D eigenvalue weighted by molar-refractivity contribution is 6.04. The second-order valence-electron chi connectivity index (χ2n) is 8.27. The molecule has 34 heavy (non-hydrogen) atoms. The van der Waals surface area contributed by atoms with Crippen LogP contribution in [0.5, 0.6) is 0 Å². The molecule has 0 fully saturated rings. The van der Waals surface area contributed by atoms with Crippen molar-refractivity contribution in [1.82, 2.24) is 0 Å². The van der Waals surface area contributed by atoms with E-state index in [1.54, 1.807) is 12.1 Å². The third kappa shape index (κ3) is 9.15. The number of ether oxygens (including phenoxy) is 4. The van der Waals surface area contributed by atoms with E-state index >= 15 is 0 Å². The molecule has 1 aromatic carbocycles. The van der Waals surface area contributed by atoms with E-state index in [0.29, 0.717) is 0 Å². The van der Waals surface area contributed by atoms with Crippen LogP contribution in [0.1, 0.15) is 87.9 Å². The van der Waals surface area contributed by atoms with E-state index in [9.17, 15) is 19.2 Å². The Hall–Kier alpha value is -2.90. The van der Waals surface area contributed by atoms with Crippen LogP contribution in [0.15, 0.2) is 24.3 Å².